The molecular formula is C8H17N2O2+. The van der Waals surface area contributed by atoms with E-state index in [2.05, 4.69) is 7.05 Å². The highest BCUT2D eigenvalue weighted by Gasteiger charge is 2.26. The second-order valence-corrected chi connectivity index (χ2v) is 3.66. The van der Waals surface area contributed by atoms with E-state index in [0.717, 1.165) is 11.0 Å². The van der Waals surface area contributed by atoms with Crippen LogP contribution in [0.2, 0.25) is 0 Å². The van der Waals surface area contributed by atoms with Gasteiger partial charge in [-0.05, 0) is 0 Å². The van der Waals surface area contributed by atoms with Crippen molar-refractivity contribution >= 4 is 6.09 Å². The minimum atomic E-state index is -0.666. The molecule has 0 bridgehead atoms. The molecule has 0 aromatic rings. The lowest BCUT2D eigenvalue weighted by Gasteiger charge is -2.28. The first-order chi connectivity index (χ1) is 5.62. The van der Waals surface area contributed by atoms with E-state index in [-0.39, 0.29) is 0 Å². The largest absolute Gasteiger partial charge is 0.444 e. The van der Waals surface area contributed by atoms with Crippen LogP contribution in [0.3, 0.4) is 0 Å². The summed E-state index contributed by atoms with van der Waals surface area (Å²) in [5.41, 5.74) is 4.85. The van der Waals surface area contributed by atoms with Crippen molar-refractivity contribution in [2.75, 3.05) is 33.3 Å². The summed E-state index contributed by atoms with van der Waals surface area (Å²) < 4.78 is 5.71. The fourth-order valence-corrected chi connectivity index (χ4v) is 1.69. The van der Waals surface area contributed by atoms with E-state index < -0.39 is 6.09 Å². The van der Waals surface area contributed by atoms with Gasteiger partial charge in [0.05, 0.1) is 20.1 Å². The first-order valence-electron chi connectivity index (χ1n) is 4.38. The Kier molecular flexibility index (Phi) is 2.92. The molecule has 1 amide bonds. The number of ether oxygens (including phenoxy) is 1. The maximum atomic E-state index is 10.3. The van der Waals surface area contributed by atoms with Crippen LogP contribution in [-0.4, -0.2) is 43.9 Å². The van der Waals surface area contributed by atoms with Gasteiger partial charge in [-0.25, -0.2) is 4.79 Å². The Labute approximate surface area is 72.9 Å². The highest BCUT2D eigenvalue weighted by atomic mass is 16.5. The van der Waals surface area contributed by atoms with E-state index >= 15 is 0 Å². The molecule has 1 saturated heterocycles. The summed E-state index contributed by atoms with van der Waals surface area (Å²) in [6, 6.07) is 0. The molecule has 0 aromatic carbocycles. The molecule has 0 unspecified atom stereocenters. The SMILES string of the molecule is C[N+]1(CCOC(N)=O)CCCC1. The van der Waals surface area contributed by atoms with Crippen LogP contribution < -0.4 is 5.73 Å². The van der Waals surface area contributed by atoms with Crippen molar-refractivity contribution in [2.45, 2.75) is 12.8 Å². The van der Waals surface area contributed by atoms with Gasteiger partial charge in [0.25, 0.3) is 0 Å². The zero-order valence-corrected chi connectivity index (χ0v) is 7.58. The molecule has 1 aliphatic rings. The average Bonchev–Trinajstić information content (AvgIpc) is 2.35. The summed E-state index contributed by atoms with van der Waals surface area (Å²) in [7, 11) is 2.19. The van der Waals surface area contributed by atoms with E-state index in [1.807, 2.05) is 0 Å². The minimum absolute atomic E-state index is 0.450. The lowest BCUT2D eigenvalue weighted by Crippen LogP contribution is -2.43. The highest BCUT2D eigenvalue weighted by Crippen LogP contribution is 2.15. The van der Waals surface area contributed by atoms with Gasteiger partial charge in [-0.2, -0.15) is 0 Å². The monoisotopic (exact) mass is 173 g/mol. The van der Waals surface area contributed by atoms with E-state index in [9.17, 15) is 4.79 Å². The van der Waals surface area contributed by atoms with Gasteiger partial charge < -0.3 is 15.0 Å². The smallest absolute Gasteiger partial charge is 0.404 e. The van der Waals surface area contributed by atoms with Crippen LogP contribution >= 0.6 is 0 Å². The predicted octanol–water partition coefficient (Wildman–Crippen LogP) is 0.322. The van der Waals surface area contributed by atoms with Gasteiger partial charge in [0.15, 0.2) is 0 Å². The van der Waals surface area contributed by atoms with Crippen LogP contribution in [-0.2, 0) is 4.74 Å². The lowest BCUT2D eigenvalue weighted by atomic mass is 10.4. The second kappa shape index (κ2) is 3.76. The number of carbonyl (C=O) groups excluding carboxylic acids is 1. The Morgan fingerprint density at radius 3 is 2.58 bits per heavy atom. The van der Waals surface area contributed by atoms with Crippen LogP contribution in [0.4, 0.5) is 4.79 Å². The molecule has 0 aliphatic carbocycles. The normalized spacial score (nSPS) is 20.8. The number of nitrogens with zero attached hydrogens (tertiary/aromatic N) is 1. The Bertz CT molecular complexity index is 164. The molecular weight excluding hydrogens is 156 g/mol. The summed E-state index contributed by atoms with van der Waals surface area (Å²) in [5, 5.41) is 0. The number of nitrogens with two attached hydrogens (primary N) is 1. The van der Waals surface area contributed by atoms with Crippen LogP contribution in [0.15, 0.2) is 0 Å². The molecule has 4 nitrogen and oxygen atoms in total. The molecule has 1 heterocycles. The van der Waals surface area contributed by atoms with E-state index in [1.165, 1.54) is 25.9 Å². The van der Waals surface area contributed by atoms with Gasteiger partial charge in [-0.3, -0.25) is 0 Å². The quantitative estimate of drug-likeness (QED) is 0.625. The van der Waals surface area contributed by atoms with E-state index in [4.69, 9.17) is 10.5 Å². The van der Waals surface area contributed by atoms with Crippen LogP contribution in [0.25, 0.3) is 0 Å². The predicted molar refractivity (Wildman–Crippen MR) is 45.6 cm³/mol. The van der Waals surface area contributed by atoms with Gasteiger partial charge in [0.2, 0.25) is 0 Å². The molecule has 70 valence electrons. The van der Waals surface area contributed by atoms with Gasteiger partial charge >= 0.3 is 6.09 Å². The number of rotatable bonds is 3. The minimum Gasteiger partial charge on any atom is -0.444 e. The number of likely N-dealkylation sites (N-methyl/N-ethyl adjacent to an activating group) is 1. The second-order valence-electron chi connectivity index (χ2n) is 3.66. The average molecular weight is 173 g/mol. The van der Waals surface area contributed by atoms with Crippen molar-refractivity contribution in [2.24, 2.45) is 5.73 Å². The Morgan fingerprint density at radius 1 is 1.50 bits per heavy atom. The van der Waals surface area contributed by atoms with E-state index in [0.29, 0.717) is 6.61 Å². The number of primary amides is 1. The van der Waals surface area contributed by atoms with E-state index in [1.54, 1.807) is 0 Å². The third-order valence-electron chi connectivity index (χ3n) is 2.52. The molecule has 0 saturated carbocycles. The number of likely N-dealkylation sites (tertiary alicyclic amines) is 1. The summed E-state index contributed by atoms with van der Waals surface area (Å²) in [4.78, 5) is 10.3. The molecule has 1 aliphatic heterocycles. The molecule has 4 heteroatoms. The van der Waals surface area contributed by atoms with Gasteiger partial charge in [0.1, 0.15) is 13.2 Å². The molecule has 0 atom stereocenters. The fraction of sp³-hybridized carbons (Fsp3) is 0.875. The van der Waals surface area contributed by atoms with Crippen molar-refractivity contribution in [3.05, 3.63) is 0 Å². The van der Waals surface area contributed by atoms with Crippen molar-refractivity contribution in [1.29, 1.82) is 0 Å². The Morgan fingerprint density at radius 2 is 2.08 bits per heavy atom. The number of quaternary nitrogens is 1. The van der Waals surface area contributed by atoms with Gasteiger partial charge in [-0.15, -0.1) is 0 Å². The zero-order chi connectivity index (χ0) is 9.03. The van der Waals surface area contributed by atoms with Crippen LogP contribution in [0.5, 0.6) is 0 Å². The molecule has 0 aromatic heterocycles. The zero-order valence-electron chi connectivity index (χ0n) is 7.58. The number of carbonyl (C=O) groups is 1. The summed E-state index contributed by atoms with van der Waals surface area (Å²) >= 11 is 0. The maximum Gasteiger partial charge on any atom is 0.404 e. The Hall–Kier alpha value is -0.770. The molecule has 0 spiro atoms. The van der Waals surface area contributed by atoms with Crippen molar-refractivity contribution in [3.8, 4) is 0 Å². The number of amides is 1. The molecule has 1 rings (SSSR count). The highest BCUT2D eigenvalue weighted by molar-refractivity contribution is 5.64. The summed E-state index contributed by atoms with van der Waals surface area (Å²) in [5.74, 6) is 0. The lowest BCUT2D eigenvalue weighted by molar-refractivity contribution is -0.897. The third kappa shape index (κ3) is 2.70. The summed E-state index contributed by atoms with van der Waals surface area (Å²) in [6.07, 6.45) is 1.90. The Balaban J connectivity index is 2.17. The van der Waals surface area contributed by atoms with Gasteiger partial charge in [-0.1, -0.05) is 0 Å². The molecule has 2 N–H and O–H groups in total. The first kappa shape index (κ1) is 9.32. The fourth-order valence-electron chi connectivity index (χ4n) is 1.69. The number of hydrogen-bond donors (Lipinski definition) is 1. The standard InChI is InChI=1S/C8H16N2O2/c1-10(4-2-3-5-10)6-7-12-8(9)11/h2-7H2,1H3,(H-,9,11)/p+1. The van der Waals surface area contributed by atoms with Crippen LogP contribution in [0.1, 0.15) is 12.8 Å². The number of hydrogen-bond acceptors (Lipinski definition) is 2. The summed E-state index contributed by atoms with van der Waals surface area (Å²) in [6.45, 7) is 3.74. The first-order valence-corrected chi connectivity index (χ1v) is 4.38. The van der Waals surface area contributed by atoms with Crippen molar-refractivity contribution in [1.82, 2.24) is 0 Å². The molecule has 12 heavy (non-hydrogen) atoms. The maximum absolute atomic E-state index is 10.3. The van der Waals surface area contributed by atoms with Crippen LogP contribution in [0, 0.1) is 0 Å². The topological polar surface area (TPSA) is 52.3 Å². The third-order valence-corrected chi connectivity index (χ3v) is 2.52. The van der Waals surface area contributed by atoms with Crippen molar-refractivity contribution in [3.63, 3.8) is 0 Å². The van der Waals surface area contributed by atoms with Crippen molar-refractivity contribution < 1.29 is 14.0 Å². The molecule has 0 radical (unpaired) electrons. The van der Waals surface area contributed by atoms with Gasteiger partial charge in [0, 0.05) is 12.8 Å². The molecule has 1 fully saturated rings.